The van der Waals surface area contributed by atoms with Gasteiger partial charge in [-0.2, -0.15) is 0 Å². The molecule has 166 valence electrons. The largest absolute Gasteiger partial charge is 0.490 e. The van der Waals surface area contributed by atoms with E-state index in [0.717, 1.165) is 62.0 Å². The predicted octanol–water partition coefficient (Wildman–Crippen LogP) is 2.62. The molecule has 31 heavy (non-hydrogen) atoms. The van der Waals surface area contributed by atoms with Crippen LogP contribution in [0.15, 0.2) is 36.7 Å². The molecule has 2 saturated heterocycles. The molecule has 2 atom stereocenters. The lowest BCUT2D eigenvalue weighted by Crippen LogP contribution is -2.42. The zero-order valence-electron chi connectivity index (χ0n) is 18.3. The summed E-state index contributed by atoms with van der Waals surface area (Å²) in [7, 11) is 0. The maximum absolute atomic E-state index is 11.8. The molecule has 3 heterocycles. The van der Waals surface area contributed by atoms with Crippen molar-refractivity contribution >= 4 is 17.5 Å². The number of aromatic nitrogens is 2. The van der Waals surface area contributed by atoms with Crippen molar-refractivity contribution in [3.8, 4) is 11.5 Å². The molecule has 2 aliphatic heterocycles. The highest BCUT2D eigenvalue weighted by Crippen LogP contribution is 2.33. The summed E-state index contributed by atoms with van der Waals surface area (Å²) in [6, 6.07) is 7.80. The minimum atomic E-state index is -0.518. The number of carbonyl (C=O) groups is 1. The number of amides is 1. The number of rotatable bonds is 7. The molecule has 1 amide bonds. The molecule has 4 rings (SSSR count). The van der Waals surface area contributed by atoms with Crippen molar-refractivity contribution < 1.29 is 14.3 Å². The second-order valence-electron chi connectivity index (χ2n) is 8.54. The van der Waals surface area contributed by atoms with Gasteiger partial charge in [-0.05, 0) is 45.2 Å². The van der Waals surface area contributed by atoms with Gasteiger partial charge in [0.15, 0.2) is 11.5 Å². The van der Waals surface area contributed by atoms with Crippen LogP contribution in [0.5, 0.6) is 11.5 Å². The molecular weight excluding hydrogens is 394 g/mol. The first-order valence-corrected chi connectivity index (χ1v) is 11.0. The quantitative estimate of drug-likeness (QED) is 0.729. The Balaban J connectivity index is 1.45. The fourth-order valence-corrected chi connectivity index (χ4v) is 4.25. The average Bonchev–Trinajstić information content (AvgIpc) is 3.19. The fourth-order valence-electron chi connectivity index (χ4n) is 4.25. The molecule has 2 fully saturated rings. The van der Waals surface area contributed by atoms with Gasteiger partial charge in [-0.1, -0.05) is 12.1 Å². The fraction of sp³-hybridized carbons (Fsp3) is 0.522. The molecule has 2 unspecified atom stereocenters. The lowest BCUT2D eigenvalue weighted by atomic mass is 9.89. The van der Waals surface area contributed by atoms with Crippen LogP contribution in [0, 0.1) is 5.41 Å². The molecule has 2 aromatic rings. The van der Waals surface area contributed by atoms with E-state index >= 15 is 0 Å². The summed E-state index contributed by atoms with van der Waals surface area (Å²) in [5.74, 6) is 2.90. The van der Waals surface area contributed by atoms with Crippen LogP contribution < -0.4 is 25.0 Å². The summed E-state index contributed by atoms with van der Waals surface area (Å²) >= 11 is 0. The molecule has 1 aromatic heterocycles. The van der Waals surface area contributed by atoms with E-state index in [1.807, 2.05) is 38.1 Å². The standard InChI is InChI=1S/C23H31N5O3/c1-3-30-18-8-4-5-9-19(18)31-17-7-6-11-27(15-17)20-13-25-14-21(26-20)28-12-10-23(2,16-28)22(24)29/h4-5,8-9,13-14,17H,3,6-7,10-12,15-16H2,1-2H3,(H2,24,29). The van der Waals surface area contributed by atoms with E-state index in [9.17, 15) is 4.79 Å². The molecule has 8 heteroatoms. The van der Waals surface area contributed by atoms with E-state index in [4.69, 9.17) is 20.2 Å². The summed E-state index contributed by atoms with van der Waals surface area (Å²) < 4.78 is 12.0. The van der Waals surface area contributed by atoms with Gasteiger partial charge in [0.1, 0.15) is 17.7 Å². The Hall–Kier alpha value is -3.03. The zero-order valence-corrected chi connectivity index (χ0v) is 18.3. The molecule has 0 spiro atoms. The van der Waals surface area contributed by atoms with Crippen molar-refractivity contribution in [2.45, 2.75) is 39.2 Å². The number of piperidine rings is 1. The predicted molar refractivity (Wildman–Crippen MR) is 120 cm³/mol. The van der Waals surface area contributed by atoms with Gasteiger partial charge in [0.2, 0.25) is 5.91 Å². The van der Waals surface area contributed by atoms with Crippen LogP contribution in [-0.2, 0) is 4.79 Å². The number of hydrogen-bond acceptors (Lipinski definition) is 7. The first-order valence-electron chi connectivity index (χ1n) is 11.0. The van der Waals surface area contributed by atoms with Crippen molar-refractivity contribution in [1.82, 2.24) is 9.97 Å². The SMILES string of the molecule is CCOc1ccccc1OC1CCCN(c2cncc(N3CCC(C)(C(N)=O)C3)n2)C1. The van der Waals surface area contributed by atoms with Crippen LogP contribution in [-0.4, -0.2) is 54.8 Å². The lowest BCUT2D eigenvalue weighted by Gasteiger charge is -2.34. The first-order chi connectivity index (χ1) is 15.0. The Morgan fingerprint density at radius 3 is 2.65 bits per heavy atom. The van der Waals surface area contributed by atoms with Crippen LogP contribution in [0.2, 0.25) is 0 Å². The Labute approximate surface area is 183 Å². The van der Waals surface area contributed by atoms with Gasteiger partial charge in [0.25, 0.3) is 0 Å². The maximum atomic E-state index is 11.8. The van der Waals surface area contributed by atoms with Crippen molar-refractivity contribution in [2.75, 3.05) is 42.6 Å². The Morgan fingerprint density at radius 1 is 1.19 bits per heavy atom. The van der Waals surface area contributed by atoms with E-state index in [1.165, 1.54) is 0 Å². The molecule has 1 aromatic carbocycles. The third-order valence-corrected chi connectivity index (χ3v) is 6.15. The van der Waals surface area contributed by atoms with E-state index in [1.54, 1.807) is 12.4 Å². The summed E-state index contributed by atoms with van der Waals surface area (Å²) in [6.45, 7) is 7.45. The number of ether oxygens (including phenoxy) is 2. The number of anilines is 2. The van der Waals surface area contributed by atoms with Gasteiger partial charge in [-0.3, -0.25) is 9.78 Å². The van der Waals surface area contributed by atoms with Gasteiger partial charge >= 0.3 is 0 Å². The van der Waals surface area contributed by atoms with Crippen LogP contribution in [0.25, 0.3) is 0 Å². The third kappa shape index (κ3) is 4.68. The highest BCUT2D eigenvalue weighted by atomic mass is 16.5. The Kier molecular flexibility index (Phi) is 6.15. The molecule has 2 aliphatic rings. The van der Waals surface area contributed by atoms with E-state index in [2.05, 4.69) is 14.8 Å². The number of hydrogen-bond donors (Lipinski definition) is 1. The number of nitrogens with two attached hydrogens (primary N) is 1. The van der Waals surface area contributed by atoms with Crippen LogP contribution in [0.4, 0.5) is 11.6 Å². The second-order valence-corrected chi connectivity index (χ2v) is 8.54. The molecule has 0 bridgehead atoms. The molecule has 8 nitrogen and oxygen atoms in total. The van der Waals surface area contributed by atoms with Gasteiger partial charge < -0.3 is 25.0 Å². The van der Waals surface area contributed by atoms with Crippen molar-refractivity contribution in [3.05, 3.63) is 36.7 Å². The first kappa shape index (κ1) is 21.2. The minimum absolute atomic E-state index is 0.0470. The number of nitrogens with zero attached hydrogens (tertiary/aromatic N) is 4. The van der Waals surface area contributed by atoms with Crippen molar-refractivity contribution in [2.24, 2.45) is 11.1 Å². The zero-order chi connectivity index (χ0) is 21.8. The molecule has 0 aliphatic carbocycles. The van der Waals surface area contributed by atoms with E-state index < -0.39 is 5.41 Å². The van der Waals surface area contributed by atoms with E-state index in [0.29, 0.717) is 13.2 Å². The van der Waals surface area contributed by atoms with Gasteiger partial charge in [-0.25, -0.2) is 4.98 Å². The number of benzene rings is 1. The normalized spacial score (nSPS) is 23.6. The van der Waals surface area contributed by atoms with Crippen LogP contribution in [0.3, 0.4) is 0 Å². The Bertz CT molecular complexity index is 924. The monoisotopic (exact) mass is 425 g/mol. The van der Waals surface area contributed by atoms with Gasteiger partial charge in [-0.15, -0.1) is 0 Å². The van der Waals surface area contributed by atoms with Crippen LogP contribution in [0.1, 0.15) is 33.1 Å². The van der Waals surface area contributed by atoms with E-state index in [-0.39, 0.29) is 12.0 Å². The molecule has 0 radical (unpaired) electrons. The molecule has 0 saturated carbocycles. The summed E-state index contributed by atoms with van der Waals surface area (Å²) in [4.78, 5) is 25.4. The molecule has 2 N–H and O–H groups in total. The topological polar surface area (TPSA) is 93.8 Å². The number of primary amides is 1. The third-order valence-electron chi connectivity index (χ3n) is 6.15. The average molecular weight is 426 g/mol. The lowest BCUT2D eigenvalue weighted by molar-refractivity contribution is -0.125. The summed E-state index contributed by atoms with van der Waals surface area (Å²) in [5.41, 5.74) is 5.08. The smallest absolute Gasteiger partial charge is 0.225 e. The number of para-hydroxylation sites is 2. The maximum Gasteiger partial charge on any atom is 0.225 e. The molecular formula is C23H31N5O3. The van der Waals surface area contributed by atoms with Crippen molar-refractivity contribution in [1.29, 1.82) is 0 Å². The second kappa shape index (κ2) is 8.99. The number of carbonyl (C=O) groups excluding carboxylic acids is 1. The van der Waals surface area contributed by atoms with Crippen molar-refractivity contribution in [3.63, 3.8) is 0 Å². The highest BCUT2D eigenvalue weighted by Gasteiger charge is 2.39. The highest BCUT2D eigenvalue weighted by molar-refractivity contribution is 5.82. The summed E-state index contributed by atoms with van der Waals surface area (Å²) in [5, 5.41) is 0. The van der Waals surface area contributed by atoms with Gasteiger partial charge in [0.05, 0.1) is 31.0 Å². The summed E-state index contributed by atoms with van der Waals surface area (Å²) in [6.07, 6.45) is 6.32. The van der Waals surface area contributed by atoms with Crippen LogP contribution >= 0.6 is 0 Å². The Morgan fingerprint density at radius 2 is 1.94 bits per heavy atom. The van der Waals surface area contributed by atoms with Gasteiger partial charge in [0, 0.05) is 19.6 Å². The minimum Gasteiger partial charge on any atom is -0.490 e.